The van der Waals surface area contributed by atoms with Crippen molar-refractivity contribution in [1.29, 1.82) is 0 Å². The Morgan fingerprint density at radius 2 is 1.75 bits per heavy atom. The first-order chi connectivity index (χ1) is 9.72. The molecule has 3 heteroatoms. The highest BCUT2D eigenvalue weighted by molar-refractivity contribution is 5.65. The molecule has 0 spiro atoms. The predicted octanol–water partition coefficient (Wildman–Crippen LogP) is 3.97. The van der Waals surface area contributed by atoms with Crippen molar-refractivity contribution in [2.45, 2.75) is 31.6 Å². The molecule has 1 aliphatic heterocycles. The van der Waals surface area contributed by atoms with Crippen molar-refractivity contribution in [3.63, 3.8) is 0 Å². The third-order valence-corrected chi connectivity index (χ3v) is 4.36. The largest absolute Gasteiger partial charge is 0.465 e. The average molecular weight is 271 g/mol. The van der Waals surface area contributed by atoms with Gasteiger partial charge in [-0.25, -0.2) is 4.79 Å². The Hall–Kier alpha value is -1.77. The highest BCUT2D eigenvalue weighted by Crippen LogP contribution is 2.39. The molecule has 1 heterocycles. The monoisotopic (exact) mass is 271 g/mol. The van der Waals surface area contributed by atoms with E-state index in [9.17, 15) is 4.79 Å². The molecule has 1 aromatic carbocycles. The summed E-state index contributed by atoms with van der Waals surface area (Å²) in [5, 5.41) is 8.92. The Labute approximate surface area is 119 Å². The Morgan fingerprint density at radius 1 is 1.10 bits per heavy atom. The minimum absolute atomic E-state index is 0.508. The Bertz CT molecular complexity index is 494. The minimum atomic E-state index is -0.789. The van der Waals surface area contributed by atoms with E-state index in [0.717, 1.165) is 18.8 Å². The van der Waals surface area contributed by atoms with Crippen LogP contribution in [0.1, 0.15) is 42.7 Å². The Kier molecular flexibility index (Phi) is 3.77. The summed E-state index contributed by atoms with van der Waals surface area (Å²) in [5.41, 5.74) is 2.71. The number of hydrogen-bond acceptors (Lipinski definition) is 1. The molecule has 1 amide bonds. The number of likely N-dealkylation sites (tertiary alicyclic amines) is 1. The van der Waals surface area contributed by atoms with Gasteiger partial charge in [0.2, 0.25) is 0 Å². The van der Waals surface area contributed by atoms with Crippen LogP contribution in [0.25, 0.3) is 6.08 Å². The number of piperidine rings is 1. The third-order valence-electron chi connectivity index (χ3n) is 4.36. The predicted molar refractivity (Wildman–Crippen MR) is 79.8 cm³/mol. The molecular weight excluding hydrogens is 250 g/mol. The molecule has 0 unspecified atom stereocenters. The molecule has 0 bridgehead atoms. The van der Waals surface area contributed by atoms with Crippen molar-refractivity contribution >= 4 is 12.2 Å². The molecule has 2 aliphatic rings. The van der Waals surface area contributed by atoms with E-state index in [0.29, 0.717) is 19.0 Å². The fourth-order valence-electron chi connectivity index (χ4n) is 2.83. The van der Waals surface area contributed by atoms with Gasteiger partial charge in [0.05, 0.1) is 0 Å². The first kappa shape index (κ1) is 13.2. The molecule has 2 fully saturated rings. The standard InChI is InChI=1S/C17H21NO2/c19-17(20)18-11-9-14(10-12-18)2-1-13-3-5-15(6-4-13)16-7-8-16/h1-6,14,16H,7-12H2,(H,19,20)/b2-1+. The van der Waals surface area contributed by atoms with Gasteiger partial charge in [0, 0.05) is 13.1 Å². The quantitative estimate of drug-likeness (QED) is 0.903. The van der Waals surface area contributed by atoms with E-state index in [4.69, 9.17) is 5.11 Å². The summed E-state index contributed by atoms with van der Waals surface area (Å²) >= 11 is 0. The van der Waals surface area contributed by atoms with Crippen molar-refractivity contribution < 1.29 is 9.90 Å². The average Bonchev–Trinajstić information content (AvgIpc) is 3.31. The summed E-state index contributed by atoms with van der Waals surface area (Å²) in [6, 6.07) is 8.86. The molecule has 0 radical (unpaired) electrons. The van der Waals surface area contributed by atoms with Crippen LogP contribution >= 0.6 is 0 Å². The molecule has 1 aromatic rings. The second-order valence-corrected chi connectivity index (χ2v) is 5.91. The van der Waals surface area contributed by atoms with Crippen LogP contribution < -0.4 is 0 Å². The minimum Gasteiger partial charge on any atom is -0.465 e. The van der Waals surface area contributed by atoms with Crippen LogP contribution in [-0.4, -0.2) is 29.2 Å². The van der Waals surface area contributed by atoms with Crippen LogP contribution in [0.4, 0.5) is 4.79 Å². The zero-order chi connectivity index (χ0) is 13.9. The topological polar surface area (TPSA) is 40.5 Å². The molecule has 3 nitrogen and oxygen atoms in total. The fraction of sp³-hybridized carbons (Fsp3) is 0.471. The Balaban J connectivity index is 1.53. The summed E-state index contributed by atoms with van der Waals surface area (Å²) in [6.45, 7) is 1.32. The summed E-state index contributed by atoms with van der Waals surface area (Å²) in [7, 11) is 0. The number of rotatable bonds is 3. The van der Waals surface area contributed by atoms with E-state index >= 15 is 0 Å². The number of benzene rings is 1. The maximum absolute atomic E-state index is 10.8. The van der Waals surface area contributed by atoms with Crippen LogP contribution in [0.5, 0.6) is 0 Å². The Morgan fingerprint density at radius 3 is 2.30 bits per heavy atom. The van der Waals surface area contributed by atoms with Crippen LogP contribution in [-0.2, 0) is 0 Å². The molecule has 1 N–H and O–H groups in total. The van der Waals surface area contributed by atoms with E-state index in [1.807, 2.05) is 0 Å². The number of carboxylic acid groups (broad SMARTS) is 1. The number of nitrogens with zero attached hydrogens (tertiary/aromatic N) is 1. The molecule has 20 heavy (non-hydrogen) atoms. The normalized spacial score (nSPS) is 20.5. The van der Waals surface area contributed by atoms with Gasteiger partial charge in [-0.05, 0) is 48.6 Å². The van der Waals surface area contributed by atoms with Gasteiger partial charge in [-0.15, -0.1) is 0 Å². The van der Waals surface area contributed by atoms with Gasteiger partial charge < -0.3 is 10.0 Å². The molecule has 0 aromatic heterocycles. The summed E-state index contributed by atoms with van der Waals surface area (Å²) in [6.07, 6.45) is 8.19. The SMILES string of the molecule is O=C(O)N1CCC(/C=C/c2ccc(C3CC3)cc2)CC1. The fourth-order valence-corrected chi connectivity index (χ4v) is 2.83. The van der Waals surface area contributed by atoms with Gasteiger partial charge in [-0.3, -0.25) is 0 Å². The lowest BCUT2D eigenvalue weighted by molar-refractivity contribution is 0.129. The second kappa shape index (κ2) is 5.70. The molecule has 0 atom stereocenters. The third kappa shape index (κ3) is 3.21. The van der Waals surface area contributed by atoms with Crippen LogP contribution in [0.2, 0.25) is 0 Å². The summed E-state index contributed by atoms with van der Waals surface area (Å²) in [5.74, 6) is 1.32. The van der Waals surface area contributed by atoms with Crippen LogP contribution in [0.3, 0.4) is 0 Å². The van der Waals surface area contributed by atoms with Gasteiger partial charge in [0.1, 0.15) is 0 Å². The molecule has 3 rings (SSSR count). The zero-order valence-electron chi connectivity index (χ0n) is 11.7. The van der Waals surface area contributed by atoms with Crippen LogP contribution in [0, 0.1) is 5.92 Å². The lowest BCUT2D eigenvalue weighted by Crippen LogP contribution is -2.36. The molecular formula is C17H21NO2. The van der Waals surface area contributed by atoms with Crippen molar-refractivity contribution in [1.82, 2.24) is 4.90 Å². The molecule has 1 saturated carbocycles. The maximum atomic E-state index is 10.8. The first-order valence-electron chi connectivity index (χ1n) is 7.48. The summed E-state index contributed by atoms with van der Waals surface area (Å²) in [4.78, 5) is 12.3. The van der Waals surface area contributed by atoms with Gasteiger partial charge in [0.25, 0.3) is 0 Å². The van der Waals surface area contributed by atoms with Gasteiger partial charge in [-0.1, -0.05) is 36.4 Å². The van der Waals surface area contributed by atoms with Crippen molar-refractivity contribution in [2.24, 2.45) is 5.92 Å². The lowest BCUT2D eigenvalue weighted by atomic mass is 9.95. The highest BCUT2D eigenvalue weighted by Gasteiger charge is 2.23. The first-order valence-corrected chi connectivity index (χ1v) is 7.48. The molecule has 1 aliphatic carbocycles. The van der Waals surface area contributed by atoms with E-state index < -0.39 is 6.09 Å². The van der Waals surface area contributed by atoms with E-state index in [2.05, 4.69) is 36.4 Å². The number of carbonyl (C=O) groups is 1. The number of amides is 1. The summed E-state index contributed by atoms with van der Waals surface area (Å²) < 4.78 is 0. The molecule has 1 saturated heterocycles. The molecule has 106 valence electrons. The lowest BCUT2D eigenvalue weighted by Gasteiger charge is -2.28. The van der Waals surface area contributed by atoms with Crippen LogP contribution in [0.15, 0.2) is 30.3 Å². The van der Waals surface area contributed by atoms with Crippen molar-refractivity contribution in [3.8, 4) is 0 Å². The number of allylic oxidation sites excluding steroid dienone is 1. The van der Waals surface area contributed by atoms with Crippen molar-refractivity contribution in [2.75, 3.05) is 13.1 Å². The van der Waals surface area contributed by atoms with Gasteiger partial charge >= 0.3 is 6.09 Å². The maximum Gasteiger partial charge on any atom is 0.407 e. The van der Waals surface area contributed by atoms with Gasteiger partial charge in [-0.2, -0.15) is 0 Å². The zero-order valence-corrected chi connectivity index (χ0v) is 11.7. The van der Waals surface area contributed by atoms with Crippen molar-refractivity contribution in [3.05, 3.63) is 41.5 Å². The van der Waals surface area contributed by atoms with E-state index in [-0.39, 0.29) is 0 Å². The smallest absolute Gasteiger partial charge is 0.407 e. The second-order valence-electron chi connectivity index (χ2n) is 5.91. The number of hydrogen-bond donors (Lipinski definition) is 1. The van der Waals surface area contributed by atoms with Gasteiger partial charge in [0.15, 0.2) is 0 Å². The van der Waals surface area contributed by atoms with E-state index in [1.165, 1.54) is 28.9 Å². The highest BCUT2D eigenvalue weighted by atomic mass is 16.4. The van der Waals surface area contributed by atoms with E-state index in [1.54, 1.807) is 0 Å².